The summed E-state index contributed by atoms with van der Waals surface area (Å²) >= 11 is 0. The van der Waals surface area contributed by atoms with Gasteiger partial charge in [0.15, 0.2) is 0 Å². The van der Waals surface area contributed by atoms with Crippen molar-refractivity contribution in [3.05, 3.63) is 77.5 Å². The lowest BCUT2D eigenvalue weighted by molar-refractivity contribution is -0.112. The van der Waals surface area contributed by atoms with Gasteiger partial charge in [0.2, 0.25) is 0 Å². The van der Waals surface area contributed by atoms with Gasteiger partial charge in [-0.2, -0.15) is 5.26 Å². The number of nitrogens with one attached hydrogen (secondary N) is 2. The Labute approximate surface area is 166 Å². The largest absolute Gasteiger partial charge is 0.387 e. The molecule has 144 valence electrons. The summed E-state index contributed by atoms with van der Waals surface area (Å²) in [7, 11) is 0. The Morgan fingerprint density at radius 1 is 1.14 bits per heavy atom. The Kier molecular flexibility index (Phi) is 6.83. The molecule has 1 aliphatic heterocycles. The molecule has 5 heteroatoms. The third kappa shape index (κ3) is 5.70. The highest BCUT2D eigenvalue weighted by atomic mass is 16.1. The van der Waals surface area contributed by atoms with E-state index in [0.29, 0.717) is 5.69 Å². The quantitative estimate of drug-likeness (QED) is 0.599. The van der Waals surface area contributed by atoms with E-state index in [-0.39, 0.29) is 17.5 Å². The molecule has 1 saturated heterocycles. The van der Waals surface area contributed by atoms with Crippen LogP contribution in [0.2, 0.25) is 0 Å². The average molecular weight is 374 g/mol. The highest BCUT2D eigenvalue weighted by Crippen LogP contribution is 2.14. The van der Waals surface area contributed by atoms with E-state index in [1.807, 2.05) is 43.3 Å². The average Bonchev–Trinajstić information content (AvgIpc) is 2.72. The molecule has 3 rings (SSSR count). The van der Waals surface area contributed by atoms with Crippen molar-refractivity contribution in [3.63, 3.8) is 0 Å². The number of aryl methyl sites for hydroxylation is 1. The molecule has 1 fully saturated rings. The number of likely N-dealkylation sites (tertiary alicyclic amines) is 1. The topological polar surface area (TPSA) is 68.2 Å². The maximum Gasteiger partial charge on any atom is 0.267 e. The molecule has 5 nitrogen and oxygen atoms in total. The molecule has 0 radical (unpaired) electrons. The summed E-state index contributed by atoms with van der Waals surface area (Å²) in [6.07, 6.45) is 3.53. The van der Waals surface area contributed by atoms with Crippen LogP contribution >= 0.6 is 0 Å². The number of piperidine rings is 1. The fourth-order valence-electron chi connectivity index (χ4n) is 3.28. The first-order valence-electron chi connectivity index (χ1n) is 9.64. The number of amides is 1. The first-order valence-corrected chi connectivity index (χ1v) is 9.64. The van der Waals surface area contributed by atoms with E-state index in [1.54, 1.807) is 6.20 Å². The minimum absolute atomic E-state index is 0.0901. The van der Waals surface area contributed by atoms with Crippen molar-refractivity contribution in [2.24, 2.45) is 0 Å². The van der Waals surface area contributed by atoms with E-state index in [1.165, 1.54) is 5.56 Å². The zero-order chi connectivity index (χ0) is 19.8. The molecule has 0 bridgehead atoms. The Morgan fingerprint density at radius 3 is 2.46 bits per heavy atom. The maximum absolute atomic E-state index is 12.3. The van der Waals surface area contributed by atoms with Gasteiger partial charge in [-0.25, -0.2) is 0 Å². The molecule has 2 aromatic rings. The predicted molar refractivity (Wildman–Crippen MR) is 111 cm³/mol. The third-order valence-electron chi connectivity index (χ3n) is 4.97. The molecule has 28 heavy (non-hydrogen) atoms. The van der Waals surface area contributed by atoms with Crippen LogP contribution in [0.25, 0.3) is 0 Å². The summed E-state index contributed by atoms with van der Waals surface area (Å²) in [5.74, 6) is -0.389. The zero-order valence-electron chi connectivity index (χ0n) is 16.2. The molecular formula is C23H26N4O. The Hall–Kier alpha value is -3.10. The lowest BCUT2D eigenvalue weighted by Crippen LogP contribution is -2.40. The van der Waals surface area contributed by atoms with E-state index in [4.69, 9.17) is 0 Å². The van der Waals surface area contributed by atoms with Gasteiger partial charge in [-0.15, -0.1) is 0 Å². The second-order valence-corrected chi connectivity index (χ2v) is 7.19. The van der Waals surface area contributed by atoms with Crippen LogP contribution in [0.4, 0.5) is 5.69 Å². The van der Waals surface area contributed by atoms with Crippen LogP contribution in [0, 0.1) is 18.3 Å². The van der Waals surface area contributed by atoms with Crippen LogP contribution in [0.5, 0.6) is 0 Å². The van der Waals surface area contributed by atoms with Crippen molar-refractivity contribution in [3.8, 4) is 6.07 Å². The summed E-state index contributed by atoms with van der Waals surface area (Å²) in [5.41, 5.74) is 3.22. The second kappa shape index (κ2) is 9.72. The van der Waals surface area contributed by atoms with E-state index >= 15 is 0 Å². The van der Waals surface area contributed by atoms with Gasteiger partial charge in [-0.05, 0) is 37.5 Å². The standard InChI is InChI=1S/C23H26N4O/c1-18-7-9-22(10-8-18)26-23(28)20(15-24)16-25-21-11-13-27(14-12-21)17-19-5-3-2-4-6-19/h2-10,16,21,25H,11-14,17H2,1H3,(H,26,28)/b20-16-. The predicted octanol–water partition coefficient (Wildman–Crippen LogP) is 3.60. The lowest BCUT2D eigenvalue weighted by atomic mass is 10.0. The molecule has 0 aromatic heterocycles. The van der Waals surface area contributed by atoms with E-state index in [2.05, 4.69) is 39.8 Å². The van der Waals surface area contributed by atoms with Crippen LogP contribution in [-0.4, -0.2) is 29.9 Å². The number of hydrogen-bond donors (Lipinski definition) is 2. The summed E-state index contributed by atoms with van der Waals surface area (Å²) in [4.78, 5) is 14.7. The van der Waals surface area contributed by atoms with Crippen molar-refractivity contribution in [2.45, 2.75) is 32.4 Å². The number of nitrogens with zero attached hydrogens (tertiary/aromatic N) is 2. The summed E-state index contributed by atoms with van der Waals surface area (Å²) < 4.78 is 0. The van der Waals surface area contributed by atoms with Crippen LogP contribution in [0.3, 0.4) is 0 Å². The van der Waals surface area contributed by atoms with Gasteiger partial charge < -0.3 is 10.6 Å². The Morgan fingerprint density at radius 2 is 1.82 bits per heavy atom. The first kappa shape index (κ1) is 19.7. The second-order valence-electron chi connectivity index (χ2n) is 7.19. The molecular weight excluding hydrogens is 348 g/mol. The molecule has 1 aliphatic rings. The van der Waals surface area contributed by atoms with E-state index < -0.39 is 0 Å². The summed E-state index contributed by atoms with van der Waals surface area (Å²) in [6, 6.07) is 20.3. The molecule has 2 aromatic carbocycles. The third-order valence-corrected chi connectivity index (χ3v) is 4.97. The normalized spacial score (nSPS) is 15.6. The fourth-order valence-corrected chi connectivity index (χ4v) is 3.28. The van der Waals surface area contributed by atoms with Crippen molar-refractivity contribution >= 4 is 11.6 Å². The van der Waals surface area contributed by atoms with Crippen molar-refractivity contribution in [1.82, 2.24) is 10.2 Å². The number of hydrogen-bond acceptors (Lipinski definition) is 4. The Balaban J connectivity index is 1.48. The van der Waals surface area contributed by atoms with Gasteiger partial charge in [-0.1, -0.05) is 48.0 Å². The highest BCUT2D eigenvalue weighted by molar-refractivity contribution is 6.06. The van der Waals surface area contributed by atoms with E-state index in [0.717, 1.165) is 38.0 Å². The van der Waals surface area contributed by atoms with Crippen LogP contribution in [0.15, 0.2) is 66.4 Å². The maximum atomic E-state index is 12.3. The lowest BCUT2D eigenvalue weighted by Gasteiger charge is -2.32. The number of nitriles is 1. The highest BCUT2D eigenvalue weighted by Gasteiger charge is 2.19. The SMILES string of the molecule is Cc1ccc(NC(=O)/C(C#N)=C\NC2CCN(Cc3ccccc3)CC2)cc1. The molecule has 0 aliphatic carbocycles. The summed E-state index contributed by atoms with van der Waals surface area (Å²) in [6.45, 7) is 4.95. The van der Waals surface area contributed by atoms with Gasteiger partial charge in [0.1, 0.15) is 11.6 Å². The fraction of sp³-hybridized carbons (Fsp3) is 0.304. The molecule has 2 N–H and O–H groups in total. The van der Waals surface area contributed by atoms with Crippen LogP contribution in [0.1, 0.15) is 24.0 Å². The molecule has 0 spiro atoms. The monoisotopic (exact) mass is 374 g/mol. The number of benzene rings is 2. The Bertz CT molecular complexity index is 844. The number of carbonyl (C=O) groups is 1. The van der Waals surface area contributed by atoms with Crippen molar-refractivity contribution in [1.29, 1.82) is 5.26 Å². The van der Waals surface area contributed by atoms with Gasteiger partial charge in [0.05, 0.1) is 0 Å². The molecule has 0 atom stereocenters. The van der Waals surface area contributed by atoms with Crippen LogP contribution < -0.4 is 10.6 Å². The number of rotatable bonds is 6. The molecule has 1 amide bonds. The first-order chi connectivity index (χ1) is 13.6. The zero-order valence-corrected chi connectivity index (χ0v) is 16.2. The van der Waals surface area contributed by atoms with Gasteiger partial charge in [0, 0.05) is 37.6 Å². The van der Waals surface area contributed by atoms with Gasteiger partial charge >= 0.3 is 0 Å². The van der Waals surface area contributed by atoms with Crippen LogP contribution in [-0.2, 0) is 11.3 Å². The van der Waals surface area contributed by atoms with Gasteiger partial charge in [0.25, 0.3) is 5.91 Å². The van der Waals surface area contributed by atoms with E-state index in [9.17, 15) is 10.1 Å². The number of carbonyl (C=O) groups excluding carboxylic acids is 1. The summed E-state index contributed by atoms with van der Waals surface area (Å²) in [5, 5.41) is 15.4. The van der Waals surface area contributed by atoms with Crippen molar-refractivity contribution in [2.75, 3.05) is 18.4 Å². The molecule has 0 unspecified atom stereocenters. The molecule has 1 heterocycles. The molecule has 0 saturated carbocycles. The van der Waals surface area contributed by atoms with Gasteiger partial charge in [-0.3, -0.25) is 9.69 Å². The number of anilines is 1. The van der Waals surface area contributed by atoms with Crippen molar-refractivity contribution < 1.29 is 4.79 Å². The minimum atomic E-state index is -0.389. The smallest absolute Gasteiger partial charge is 0.267 e. The minimum Gasteiger partial charge on any atom is -0.387 e.